The van der Waals surface area contributed by atoms with E-state index in [0.717, 1.165) is 38.4 Å². The molecule has 0 aromatic carbocycles. The van der Waals surface area contributed by atoms with Gasteiger partial charge in [-0.05, 0) is 13.0 Å². The van der Waals surface area contributed by atoms with Crippen molar-refractivity contribution >= 4 is 5.82 Å². The third kappa shape index (κ3) is 3.64. The number of nitrogens with zero attached hydrogens (tertiary/aromatic N) is 4. The average molecular weight is 235 g/mol. The highest BCUT2D eigenvalue weighted by atomic mass is 15.3. The maximum Gasteiger partial charge on any atom is 0.141 e. The first kappa shape index (κ1) is 12.3. The van der Waals surface area contributed by atoms with Gasteiger partial charge in [0.25, 0.3) is 0 Å². The van der Waals surface area contributed by atoms with Crippen molar-refractivity contribution < 1.29 is 0 Å². The van der Waals surface area contributed by atoms with Crippen LogP contribution in [0.5, 0.6) is 0 Å². The van der Waals surface area contributed by atoms with Gasteiger partial charge in [0.2, 0.25) is 0 Å². The van der Waals surface area contributed by atoms with Gasteiger partial charge in [-0.2, -0.15) is 0 Å². The zero-order valence-corrected chi connectivity index (χ0v) is 10.5. The molecule has 0 spiro atoms. The number of nitrogen functional groups attached to an aromatic ring is 1. The maximum absolute atomic E-state index is 5.52. The van der Waals surface area contributed by atoms with Gasteiger partial charge in [0, 0.05) is 32.7 Å². The van der Waals surface area contributed by atoms with Crippen LogP contribution in [0, 0.1) is 0 Å². The molecule has 94 valence electrons. The van der Waals surface area contributed by atoms with E-state index in [4.69, 9.17) is 5.73 Å². The quantitative estimate of drug-likeness (QED) is 0.827. The number of anilines is 1. The smallest absolute Gasteiger partial charge is 0.141 e. The van der Waals surface area contributed by atoms with Crippen molar-refractivity contribution in [3.05, 3.63) is 18.1 Å². The third-order valence-corrected chi connectivity index (χ3v) is 3.12. The van der Waals surface area contributed by atoms with Gasteiger partial charge in [-0.15, -0.1) is 0 Å². The fraction of sp³-hybridized carbons (Fsp3) is 0.667. The minimum absolute atomic E-state index is 0.488. The molecule has 0 aliphatic carbocycles. The van der Waals surface area contributed by atoms with E-state index >= 15 is 0 Å². The Morgan fingerprint density at radius 2 is 1.82 bits per heavy atom. The zero-order valence-electron chi connectivity index (χ0n) is 10.5. The molecule has 0 unspecified atom stereocenters. The van der Waals surface area contributed by atoms with E-state index in [1.165, 1.54) is 13.0 Å². The molecule has 1 fully saturated rings. The fourth-order valence-corrected chi connectivity index (χ4v) is 2.16. The van der Waals surface area contributed by atoms with Crippen LogP contribution in [0.1, 0.15) is 19.0 Å². The fourth-order valence-electron chi connectivity index (χ4n) is 2.16. The second-order valence-electron chi connectivity index (χ2n) is 4.55. The summed E-state index contributed by atoms with van der Waals surface area (Å²) in [6.07, 6.45) is 4.64. The van der Waals surface area contributed by atoms with Crippen molar-refractivity contribution in [2.45, 2.75) is 19.9 Å². The van der Waals surface area contributed by atoms with Crippen molar-refractivity contribution in [2.24, 2.45) is 0 Å². The van der Waals surface area contributed by atoms with Crippen LogP contribution < -0.4 is 5.73 Å². The van der Waals surface area contributed by atoms with E-state index in [-0.39, 0.29) is 0 Å². The van der Waals surface area contributed by atoms with E-state index < -0.39 is 0 Å². The lowest BCUT2D eigenvalue weighted by Gasteiger charge is -2.34. The second kappa shape index (κ2) is 5.93. The van der Waals surface area contributed by atoms with E-state index in [0.29, 0.717) is 5.82 Å². The van der Waals surface area contributed by atoms with Gasteiger partial charge in [0.15, 0.2) is 0 Å². The first-order valence-electron chi connectivity index (χ1n) is 6.29. The van der Waals surface area contributed by atoms with E-state index in [9.17, 15) is 0 Å². The highest BCUT2D eigenvalue weighted by molar-refractivity contribution is 5.22. The van der Waals surface area contributed by atoms with Crippen LogP contribution in [-0.4, -0.2) is 52.5 Å². The molecule has 5 heteroatoms. The lowest BCUT2D eigenvalue weighted by molar-refractivity contribution is 0.126. The summed E-state index contributed by atoms with van der Waals surface area (Å²) in [6, 6.07) is 0. The average Bonchev–Trinajstić information content (AvgIpc) is 2.35. The summed E-state index contributed by atoms with van der Waals surface area (Å²) < 4.78 is 0. The molecule has 1 aliphatic heterocycles. The van der Waals surface area contributed by atoms with Gasteiger partial charge >= 0.3 is 0 Å². The minimum atomic E-state index is 0.488. The summed E-state index contributed by atoms with van der Waals surface area (Å²) in [4.78, 5) is 13.3. The maximum atomic E-state index is 5.52. The van der Waals surface area contributed by atoms with Crippen LogP contribution in [0.4, 0.5) is 5.82 Å². The Labute approximate surface area is 103 Å². The number of hydrogen-bond acceptors (Lipinski definition) is 5. The summed E-state index contributed by atoms with van der Waals surface area (Å²) >= 11 is 0. The summed E-state index contributed by atoms with van der Waals surface area (Å²) in [5, 5.41) is 0. The van der Waals surface area contributed by atoms with Crippen LogP contribution in [0.15, 0.2) is 12.4 Å². The van der Waals surface area contributed by atoms with Gasteiger partial charge in [0.1, 0.15) is 5.82 Å². The SMILES string of the molecule is CCCN1CCN(Cc2cnc(N)cn2)CC1. The molecule has 1 aromatic rings. The van der Waals surface area contributed by atoms with Crippen LogP contribution in [-0.2, 0) is 6.54 Å². The molecule has 0 bridgehead atoms. The minimum Gasteiger partial charge on any atom is -0.382 e. The molecule has 0 saturated carbocycles. The van der Waals surface area contributed by atoms with Crippen LogP contribution in [0.3, 0.4) is 0 Å². The molecule has 17 heavy (non-hydrogen) atoms. The van der Waals surface area contributed by atoms with Crippen LogP contribution in [0.25, 0.3) is 0 Å². The normalized spacial score (nSPS) is 18.4. The van der Waals surface area contributed by atoms with Gasteiger partial charge < -0.3 is 10.6 Å². The molecule has 0 amide bonds. The predicted molar refractivity (Wildman–Crippen MR) is 68.5 cm³/mol. The van der Waals surface area contributed by atoms with Crippen LogP contribution in [0.2, 0.25) is 0 Å². The number of aromatic nitrogens is 2. The van der Waals surface area contributed by atoms with E-state index in [1.807, 2.05) is 0 Å². The van der Waals surface area contributed by atoms with Crippen molar-refractivity contribution in [1.29, 1.82) is 0 Å². The van der Waals surface area contributed by atoms with E-state index in [1.54, 1.807) is 12.4 Å². The van der Waals surface area contributed by atoms with E-state index in [2.05, 4.69) is 26.7 Å². The number of rotatable bonds is 4. The topological polar surface area (TPSA) is 58.3 Å². The highest BCUT2D eigenvalue weighted by Crippen LogP contribution is 2.07. The van der Waals surface area contributed by atoms with Crippen LogP contribution >= 0.6 is 0 Å². The molecule has 2 heterocycles. The summed E-state index contributed by atoms with van der Waals surface area (Å²) in [5.41, 5.74) is 6.52. The Hall–Kier alpha value is -1.20. The summed E-state index contributed by atoms with van der Waals surface area (Å²) in [5.74, 6) is 0.488. The first-order chi connectivity index (χ1) is 8.28. The second-order valence-corrected chi connectivity index (χ2v) is 4.55. The Morgan fingerprint density at radius 3 is 2.41 bits per heavy atom. The van der Waals surface area contributed by atoms with Crippen molar-refractivity contribution in [3.8, 4) is 0 Å². The number of piperazine rings is 1. The Kier molecular flexibility index (Phi) is 4.28. The highest BCUT2D eigenvalue weighted by Gasteiger charge is 2.16. The lowest BCUT2D eigenvalue weighted by atomic mass is 10.3. The molecule has 0 atom stereocenters. The van der Waals surface area contributed by atoms with Gasteiger partial charge in [-0.1, -0.05) is 6.92 Å². The van der Waals surface area contributed by atoms with Gasteiger partial charge in [-0.3, -0.25) is 9.88 Å². The molecular formula is C12H21N5. The van der Waals surface area contributed by atoms with Crippen molar-refractivity contribution in [3.63, 3.8) is 0 Å². The predicted octanol–water partition coefficient (Wildman–Crippen LogP) is 0.586. The standard InChI is InChI=1S/C12H21N5/c1-2-3-16-4-6-17(7-5-16)10-11-8-15-12(13)9-14-11/h8-9H,2-7,10H2,1H3,(H2,13,15). The molecule has 1 aliphatic rings. The summed E-state index contributed by atoms with van der Waals surface area (Å²) in [6.45, 7) is 8.89. The lowest BCUT2D eigenvalue weighted by Crippen LogP contribution is -2.46. The third-order valence-electron chi connectivity index (χ3n) is 3.12. The molecular weight excluding hydrogens is 214 g/mol. The Bertz CT molecular complexity index is 329. The number of hydrogen-bond donors (Lipinski definition) is 1. The van der Waals surface area contributed by atoms with Crippen molar-refractivity contribution in [2.75, 3.05) is 38.5 Å². The monoisotopic (exact) mass is 235 g/mol. The molecule has 5 nitrogen and oxygen atoms in total. The molecule has 2 rings (SSSR count). The molecule has 2 N–H and O–H groups in total. The first-order valence-corrected chi connectivity index (χ1v) is 6.29. The van der Waals surface area contributed by atoms with Gasteiger partial charge in [0.05, 0.1) is 18.1 Å². The van der Waals surface area contributed by atoms with Gasteiger partial charge in [-0.25, -0.2) is 4.98 Å². The summed E-state index contributed by atoms with van der Waals surface area (Å²) in [7, 11) is 0. The largest absolute Gasteiger partial charge is 0.382 e. The Morgan fingerprint density at radius 1 is 1.12 bits per heavy atom. The molecule has 0 radical (unpaired) electrons. The zero-order chi connectivity index (χ0) is 12.1. The molecule has 1 aromatic heterocycles. The van der Waals surface area contributed by atoms with Crippen molar-refractivity contribution in [1.82, 2.24) is 19.8 Å². The molecule has 1 saturated heterocycles. The number of nitrogens with two attached hydrogens (primary N) is 1. The Balaban J connectivity index is 1.79.